The molecule has 0 spiro atoms. The van der Waals surface area contributed by atoms with Gasteiger partial charge in [0, 0.05) is 79.9 Å². The highest BCUT2D eigenvalue weighted by atomic mass is 32.2. The number of aromatic nitrogens is 1. The van der Waals surface area contributed by atoms with Gasteiger partial charge < -0.3 is 29.2 Å². The first-order valence-corrected chi connectivity index (χ1v) is 20.7. The van der Waals surface area contributed by atoms with Crippen LogP contribution < -0.4 is 10.7 Å². The molecule has 2 aromatic rings. The van der Waals surface area contributed by atoms with Crippen molar-refractivity contribution >= 4 is 57.3 Å². The Bertz CT molecular complexity index is 1950. The molecule has 1 aromatic carbocycles. The zero-order chi connectivity index (χ0) is 40.5. The second-order valence-corrected chi connectivity index (χ2v) is 17.5. The fraction of sp³-hybridized carbons (Fsp3) is 0.595. The minimum atomic E-state index is -2.13. The number of hydrazine groups is 1. The van der Waals surface area contributed by atoms with Gasteiger partial charge in [0.1, 0.15) is 6.04 Å². The molecule has 13 nitrogen and oxygen atoms in total. The van der Waals surface area contributed by atoms with Gasteiger partial charge in [0.2, 0.25) is 11.6 Å². The Morgan fingerprint density at radius 2 is 2.02 bits per heavy atom. The summed E-state index contributed by atoms with van der Waals surface area (Å²) in [6.07, 6.45) is 4.32. The summed E-state index contributed by atoms with van der Waals surface area (Å²) in [4.78, 5) is 51.3. The molecule has 6 bridgehead atoms. The van der Waals surface area contributed by atoms with Crippen molar-refractivity contribution in [2.24, 2.45) is 33.2 Å². The quantitative estimate of drug-likeness (QED) is 0.167. The number of aliphatic hydroxyl groups is 1. The van der Waals surface area contributed by atoms with Crippen molar-refractivity contribution in [3.05, 3.63) is 53.4 Å². The summed E-state index contributed by atoms with van der Waals surface area (Å²) >= 11 is 1.58. The second kappa shape index (κ2) is 17.0. The van der Waals surface area contributed by atoms with Gasteiger partial charge in [-0.2, -0.15) is 5.43 Å². The van der Waals surface area contributed by atoms with Gasteiger partial charge in [-0.3, -0.25) is 24.6 Å². The van der Waals surface area contributed by atoms with Gasteiger partial charge in [-0.15, -0.1) is 11.8 Å². The van der Waals surface area contributed by atoms with E-state index >= 15 is 0 Å². The van der Waals surface area contributed by atoms with Crippen LogP contribution in [0.15, 0.2) is 46.5 Å². The predicted molar refractivity (Wildman–Crippen MR) is 220 cm³/mol. The third kappa shape index (κ3) is 8.40. The Hall–Kier alpha value is -3.82. The SMILES string of the molecule is C=C/C(=C(\N=C/C)[C@H](C)OC)c1c2c3cc(ccc3n1CCOC)C1CSC(=N1)C[C@H](NC(=O)[C@H]1[C@H](C)[C@@H]1C)C(=O)N1CCC[C@@](O)(N1)C(=O)OCC(C)(C)C2. The molecular weight excluding hydrogens is 733 g/mol. The van der Waals surface area contributed by atoms with E-state index in [1.54, 1.807) is 32.2 Å². The molecular formula is C42H58N6O7S. The van der Waals surface area contributed by atoms with Gasteiger partial charge in [-0.25, -0.2) is 4.79 Å². The Morgan fingerprint density at radius 3 is 2.68 bits per heavy atom. The number of rotatable bonds is 10. The van der Waals surface area contributed by atoms with Crippen LogP contribution in [-0.4, -0.2) is 101 Å². The van der Waals surface area contributed by atoms with E-state index in [2.05, 4.69) is 40.1 Å². The van der Waals surface area contributed by atoms with Gasteiger partial charge in [-0.05, 0) is 61.8 Å². The average molecular weight is 791 g/mol. The summed E-state index contributed by atoms with van der Waals surface area (Å²) in [7, 11) is 3.34. The van der Waals surface area contributed by atoms with E-state index in [0.29, 0.717) is 31.7 Å². The molecule has 4 aliphatic rings. The number of carbonyl (C=O) groups is 3. The van der Waals surface area contributed by atoms with Gasteiger partial charge in [0.15, 0.2) is 0 Å². The van der Waals surface area contributed by atoms with Gasteiger partial charge in [0.25, 0.3) is 5.91 Å². The molecule has 1 unspecified atom stereocenters. The van der Waals surface area contributed by atoms with E-state index in [-0.39, 0.29) is 61.8 Å². The number of methoxy groups -OCH3 is 2. The molecule has 1 aromatic heterocycles. The molecule has 14 heteroatoms. The molecule has 6 rings (SSSR count). The van der Waals surface area contributed by atoms with Crippen molar-refractivity contribution in [1.29, 1.82) is 0 Å². The third-order valence-corrected chi connectivity index (χ3v) is 12.8. The molecule has 7 atom stereocenters. The maximum atomic E-state index is 14.2. The maximum Gasteiger partial charge on any atom is 0.355 e. The first-order chi connectivity index (χ1) is 26.7. The van der Waals surface area contributed by atoms with E-state index < -0.39 is 29.1 Å². The van der Waals surface area contributed by atoms with E-state index in [1.165, 1.54) is 5.01 Å². The third-order valence-electron chi connectivity index (χ3n) is 11.8. The second-order valence-electron chi connectivity index (χ2n) is 16.4. The van der Waals surface area contributed by atoms with Crippen LogP contribution in [0.25, 0.3) is 16.5 Å². The van der Waals surface area contributed by atoms with Crippen LogP contribution in [0.1, 0.15) is 83.7 Å². The van der Waals surface area contributed by atoms with Crippen LogP contribution in [0, 0.1) is 23.2 Å². The van der Waals surface area contributed by atoms with Crippen LogP contribution in [-0.2, 0) is 41.6 Å². The molecule has 1 aliphatic carbocycles. The van der Waals surface area contributed by atoms with Crippen molar-refractivity contribution < 1.29 is 33.7 Å². The number of fused-ring (bicyclic) bond motifs is 5. The monoisotopic (exact) mass is 790 g/mol. The number of benzene rings is 1. The zero-order valence-electron chi connectivity index (χ0n) is 34.0. The van der Waals surface area contributed by atoms with Crippen LogP contribution in [0.3, 0.4) is 0 Å². The zero-order valence-corrected chi connectivity index (χ0v) is 34.8. The summed E-state index contributed by atoms with van der Waals surface area (Å²) in [5.74, 6) is -0.529. The molecule has 4 heterocycles. The summed E-state index contributed by atoms with van der Waals surface area (Å²) in [6.45, 7) is 17.4. The summed E-state index contributed by atoms with van der Waals surface area (Å²) in [6, 6.07) is 5.32. The standard InChI is InChI=1S/C42H58N6O7S/c1-10-28(36(43-11-2)26(5)54-9)37-30-21-41(6,7)23-55-40(51)42(52)15-12-16-48(46-42)39(50)31(45-38(49)35-24(3)25(35)4)20-34-44-32(22-56-34)27-13-14-33(29(30)19-27)47(37)17-18-53-8/h10-11,13-14,19,24-26,31-32,35,46,52H,1,12,15-18,20-23H2,2-9H3,(H,45,49)/b36-28+,43-11-/t24-,25+,26-,31-,32?,35+,42-/m0/s1. The number of carbonyl (C=O) groups excluding carboxylic acids is 3. The first kappa shape index (κ1) is 41.8. The number of hydrogen-bond acceptors (Lipinski definition) is 11. The molecule has 2 fully saturated rings. The van der Waals surface area contributed by atoms with E-state index in [0.717, 1.165) is 44.0 Å². The lowest BCUT2D eigenvalue weighted by molar-refractivity contribution is -0.189. The number of aliphatic imine (C=N–C) groups is 2. The van der Waals surface area contributed by atoms with E-state index in [1.807, 2.05) is 47.6 Å². The number of nitrogens with one attached hydrogen (secondary N) is 2. The van der Waals surface area contributed by atoms with E-state index in [9.17, 15) is 19.5 Å². The lowest BCUT2D eigenvalue weighted by Gasteiger charge is -2.40. The van der Waals surface area contributed by atoms with Crippen LogP contribution in [0.4, 0.5) is 0 Å². The Labute approximate surface area is 334 Å². The smallest absolute Gasteiger partial charge is 0.355 e. The summed E-state index contributed by atoms with van der Waals surface area (Å²) in [5, 5.41) is 17.7. The summed E-state index contributed by atoms with van der Waals surface area (Å²) in [5.41, 5.74) is 5.55. The normalized spacial score (nSPS) is 29.1. The highest BCUT2D eigenvalue weighted by Crippen LogP contribution is 2.46. The van der Waals surface area contributed by atoms with Crippen LogP contribution in [0.2, 0.25) is 0 Å². The first-order valence-electron chi connectivity index (χ1n) is 19.7. The van der Waals surface area contributed by atoms with Crippen molar-refractivity contribution in [2.45, 2.75) is 97.7 Å². The number of nitrogens with zero attached hydrogens (tertiary/aromatic N) is 4. The van der Waals surface area contributed by atoms with Gasteiger partial charge in [0.05, 0.1) is 41.8 Å². The maximum absolute atomic E-state index is 14.2. The minimum Gasteiger partial charge on any atom is -0.462 e. The number of amides is 2. The Kier molecular flexibility index (Phi) is 12.7. The number of hydrogen-bond donors (Lipinski definition) is 3. The van der Waals surface area contributed by atoms with Crippen LogP contribution in [0.5, 0.6) is 0 Å². The highest BCUT2D eigenvalue weighted by molar-refractivity contribution is 8.14. The largest absolute Gasteiger partial charge is 0.462 e. The summed E-state index contributed by atoms with van der Waals surface area (Å²) < 4.78 is 19.6. The molecule has 56 heavy (non-hydrogen) atoms. The van der Waals surface area contributed by atoms with Crippen molar-refractivity contribution in [3.8, 4) is 0 Å². The van der Waals surface area contributed by atoms with Crippen molar-refractivity contribution in [3.63, 3.8) is 0 Å². The number of esters is 1. The number of allylic oxidation sites excluding steroid dienone is 2. The fourth-order valence-electron chi connectivity index (χ4n) is 8.25. The minimum absolute atomic E-state index is 0.0153. The molecule has 1 saturated carbocycles. The van der Waals surface area contributed by atoms with Gasteiger partial charge >= 0.3 is 5.97 Å². The highest BCUT2D eigenvalue weighted by Gasteiger charge is 2.50. The Balaban J connectivity index is 1.52. The number of thioether (sulfide) groups is 1. The predicted octanol–water partition coefficient (Wildman–Crippen LogP) is 5.21. The van der Waals surface area contributed by atoms with Crippen molar-refractivity contribution in [2.75, 3.05) is 39.7 Å². The van der Waals surface area contributed by atoms with Gasteiger partial charge in [-0.1, -0.05) is 46.4 Å². The lowest BCUT2D eigenvalue weighted by Crippen LogP contribution is -2.67. The lowest BCUT2D eigenvalue weighted by atomic mass is 9.84. The topological polar surface area (TPSA) is 156 Å². The molecule has 2 amide bonds. The number of ether oxygens (including phenoxy) is 3. The number of cyclic esters (lactones) is 1. The fourth-order valence-corrected chi connectivity index (χ4v) is 9.35. The molecule has 304 valence electrons. The van der Waals surface area contributed by atoms with Crippen LogP contribution >= 0.6 is 11.8 Å². The van der Waals surface area contributed by atoms with Crippen molar-refractivity contribution in [1.82, 2.24) is 20.3 Å². The molecule has 0 radical (unpaired) electrons. The Morgan fingerprint density at radius 1 is 1.27 bits per heavy atom. The van der Waals surface area contributed by atoms with E-state index in [4.69, 9.17) is 24.2 Å². The molecule has 3 aliphatic heterocycles. The molecule has 3 N–H and O–H groups in total. The molecule has 1 saturated heterocycles. The average Bonchev–Trinajstić information content (AvgIpc) is 3.44.